The third-order valence-electron chi connectivity index (χ3n) is 4.60. The van der Waals surface area contributed by atoms with Gasteiger partial charge in [0.1, 0.15) is 5.69 Å². The molecule has 1 aromatic carbocycles. The second-order valence-electron chi connectivity index (χ2n) is 6.59. The van der Waals surface area contributed by atoms with Gasteiger partial charge in [-0.05, 0) is 43.0 Å². The van der Waals surface area contributed by atoms with Crippen LogP contribution in [0.4, 0.5) is 0 Å². The Labute approximate surface area is 155 Å². The minimum absolute atomic E-state index is 0. The summed E-state index contributed by atoms with van der Waals surface area (Å²) >= 11 is 0. The van der Waals surface area contributed by atoms with Gasteiger partial charge < -0.3 is 10.6 Å². The lowest BCUT2D eigenvalue weighted by Crippen LogP contribution is -2.39. The lowest BCUT2D eigenvalue weighted by atomic mass is 9.94. The number of halogens is 1. The molecule has 25 heavy (non-hydrogen) atoms. The number of hydrogen-bond acceptors (Lipinski definition) is 3. The molecule has 2 aromatic rings. The number of rotatable bonds is 5. The first-order valence-electron chi connectivity index (χ1n) is 8.77. The van der Waals surface area contributed by atoms with E-state index in [-0.39, 0.29) is 24.4 Å². The number of hydrogen-bond donors (Lipinski definition) is 2. The molecule has 1 atom stereocenters. The fraction of sp³-hybridized carbons (Fsp3) is 0.474. The van der Waals surface area contributed by atoms with Crippen molar-refractivity contribution in [2.45, 2.75) is 45.7 Å². The van der Waals surface area contributed by atoms with Crippen molar-refractivity contribution in [3.8, 4) is 0 Å². The van der Waals surface area contributed by atoms with Gasteiger partial charge in [-0.1, -0.05) is 38.1 Å². The summed E-state index contributed by atoms with van der Waals surface area (Å²) in [4.78, 5) is 12.6. The van der Waals surface area contributed by atoms with Gasteiger partial charge in [0, 0.05) is 19.1 Å². The normalized spacial score (nSPS) is 16.2. The highest BCUT2D eigenvalue weighted by molar-refractivity contribution is 5.92. The lowest BCUT2D eigenvalue weighted by molar-refractivity contribution is 0.0938. The Morgan fingerprint density at radius 3 is 2.88 bits per heavy atom. The van der Waals surface area contributed by atoms with Crippen molar-refractivity contribution in [2.24, 2.45) is 0 Å². The van der Waals surface area contributed by atoms with E-state index in [1.165, 1.54) is 11.1 Å². The molecule has 1 amide bonds. The Bertz CT molecular complexity index is 726. The molecule has 0 aliphatic carbocycles. The van der Waals surface area contributed by atoms with Crippen LogP contribution in [0.2, 0.25) is 0 Å². The van der Waals surface area contributed by atoms with Crippen molar-refractivity contribution >= 4 is 18.3 Å². The molecule has 0 fully saturated rings. The molecule has 0 saturated carbocycles. The van der Waals surface area contributed by atoms with E-state index in [4.69, 9.17) is 0 Å². The number of carbonyl (C=O) groups is 1. The number of nitrogens with one attached hydrogen (secondary N) is 2. The van der Waals surface area contributed by atoms with E-state index in [1.807, 2.05) is 13.0 Å². The predicted molar refractivity (Wildman–Crippen MR) is 102 cm³/mol. The van der Waals surface area contributed by atoms with Crippen molar-refractivity contribution in [2.75, 3.05) is 13.1 Å². The highest BCUT2D eigenvalue weighted by Crippen LogP contribution is 2.22. The predicted octanol–water partition coefficient (Wildman–Crippen LogP) is 3.07. The van der Waals surface area contributed by atoms with Gasteiger partial charge in [-0.2, -0.15) is 5.10 Å². The summed E-state index contributed by atoms with van der Waals surface area (Å²) in [5, 5.41) is 11.1. The Hall–Kier alpha value is -1.85. The molecule has 0 saturated heterocycles. The van der Waals surface area contributed by atoms with Crippen molar-refractivity contribution < 1.29 is 4.79 Å². The Kier molecular flexibility index (Phi) is 6.62. The van der Waals surface area contributed by atoms with Gasteiger partial charge in [-0.3, -0.25) is 9.48 Å². The van der Waals surface area contributed by atoms with E-state index in [1.54, 1.807) is 4.68 Å². The molecule has 0 spiro atoms. The first kappa shape index (κ1) is 19.5. The molecule has 1 aliphatic heterocycles. The summed E-state index contributed by atoms with van der Waals surface area (Å²) < 4.78 is 1.78. The molecular formula is C19H27ClN4O. The SMILES string of the molecule is CCn1nc(C(C)C)cc1C(=O)NCC1NCCc2ccccc21.Cl. The number of amides is 1. The molecule has 6 heteroatoms. The van der Waals surface area contributed by atoms with E-state index in [9.17, 15) is 4.79 Å². The topological polar surface area (TPSA) is 59.0 Å². The van der Waals surface area contributed by atoms with E-state index in [0.29, 0.717) is 24.7 Å². The van der Waals surface area contributed by atoms with Gasteiger partial charge in [0.25, 0.3) is 5.91 Å². The molecule has 1 unspecified atom stereocenters. The second-order valence-corrected chi connectivity index (χ2v) is 6.59. The van der Waals surface area contributed by atoms with Crippen molar-refractivity contribution in [3.63, 3.8) is 0 Å². The van der Waals surface area contributed by atoms with Crippen LogP contribution in [0.15, 0.2) is 30.3 Å². The molecule has 0 bridgehead atoms. The van der Waals surface area contributed by atoms with Crippen LogP contribution in [0.5, 0.6) is 0 Å². The van der Waals surface area contributed by atoms with Gasteiger partial charge in [-0.25, -0.2) is 0 Å². The fourth-order valence-electron chi connectivity index (χ4n) is 3.20. The zero-order valence-corrected chi connectivity index (χ0v) is 15.9. The lowest BCUT2D eigenvalue weighted by Gasteiger charge is -2.27. The molecule has 3 rings (SSSR count). The molecular weight excluding hydrogens is 336 g/mol. The molecule has 1 aliphatic rings. The molecule has 5 nitrogen and oxygen atoms in total. The van der Waals surface area contributed by atoms with Crippen LogP contribution in [0.3, 0.4) is 0 Å². The minimum Gasteiger partial charge on any atom is -0.349 e. The number of benzene rings is 1. The maximum absolute atomic E-state index is 12.6. The van der Waals surface area contributed by atoms with Crippen molar-refractivity contribution in [1.29, 1.82) is 0 Å². The third-order valence-corrected chi connectivity index (χ3v) is 4.60. The van der Waals surface area contributed by atoms with Gasteiger partial charge in [-0.15, -0.1) is 12.4 Å². The van der Waals surface area contributed by atoms with Crippen LogP contribution in [0.25, 0.3) is 0 Å². The minimum atomic E-state index is -0.0545. The first-order valence-corrected chi connectivity index (χ1v) is 8.77. The van der Waals surface area contributed by atoms with Crippen molar-refractivity contribution in [3.05, 3.63) is 52.8 Å². The number of fused-ring (bicyclic) bond motifs is 1. The zero-order chi connectivity index (χ0) is 17.1. The fourth-order valence-corrected chi connectivity index (χ4v) is 3.20. The number of nitrogens with zero attached hydrogens (tertiary/aromatic N) is 2. The number of aromatic nitrogens is 2. The molecule has 1 aromatic heterocycles. The Morgan fingerprint density at radius 2 is 2.16 bits per heavy atom. The molecule has 2 N–H and O–H groups in total. The van der Waals surface area contributed by atoms with Gasteiger partial charge in [0.2, 0.25) is 0 Å². The van der Waals surface area contributed by atoms with Gasteiger partial charge >= 0.3 is 0 Å². The van der Waals surface area contributed by atoms with Crippen LogP contribution in [-0.2, 0) is 13.0 Å². The maximum Gasteiger partial charge on any atom is 0.269 e. The standard InChI is InChI=1S/C19H26N4O.ClH/c1-4-23-18(11-16(22-23)13(2)3)19(24)21-12-17-15-8-6-5-7-14(15)9-10-20-17;/h5-8,11,13,17,20H,4,9-10,12H2,1-3H3,(H,21,24);1H. The van der Waals surface area contributed by atoms with E-state index in [2.05, 4.69) is 53.8 Å². The average molecular weight is 363 g/mol. The maximum atomic E-state index is 12.6. The second kappa shape index (κ2) is 8.50. The summed E-state index contributed by atoms with van der Waals surface area (Å²) in [5.74, 6) is 0.261. The highest BCUT2D eigenvalue weighted by atomic mass is 35.5. The quantitative estimate of drug-likeness (QED) is 0.859. The zero-order valence-electron chi connectivity index (χ0n) is 15.1. The Morgan fingerprint density at radius 1 is 1.40 bits per heavy atom. The summed E-state index contributed by atoms with van der Waals surface area (Å²) in [6, 6.07) is 10.5. The largest absolute Gasteiger partial charge is 0.349 e. The molecule has 136 valence electrons. The number of aryl methyl sites for hydroxylation is 1. The highest BCUT2D eigenvalue weighted by Gasteiger charge is 2.21. The van der Waals surface area contributed by atoms with E-state index in [0.717, 1.165) is 18.7 Å². The van der Waals surface area contributed by atoms with Gasteiger partial charge in [0.05, 0.1) is 5.69 Å². The van der Waals surface area contributed by atoms with Crippen LogP contribution < -0.4 is 10.6 Å². The van der Waals surface area contributed by atoms with Crippen LogP contribution in [0.1, 0.15) is 60.0 Å². The monoisotopic (exact) mass is 362 g/mol. The first-order chi connectivity index (χ1) is 11.6. The van der Waals surface area contributed by atoms with Crippen molar-refractivity contribution in [1.82, 2.24) is 20.4 Å². The van der Waals surface area contributed by atoms with Crippen LogP contribution in [0, 0.1) is 0 Å². The van der Waals surface area contributed by atoms with Crippen LogP contribution >= 0.6 is 12.4 Å². The summed E-state index contributed by atoms with van der Waals surface area (Å²) in [6.45, 7) is 8.41. The average Bonchev–Trinajstić information content (AvgIpc) is 3.04. The van der Waals surface area contributed by atoms with E-state index >= 15 is 0 Å². The van der Waals surface area contributed by atoms with Gasteiger partial charge in [0.15, 0.2) is 0 Å². The molecule has 2 heterocycles. The summed E-state index contributed by atoms with van der Waals surface area (Å²) in [7, 11) is 0. The Balaban J connectivity index is 0.00000225. The summed E-state index contributed by atoms with van der Waals surface area (Å²) in [5.41, 5.74) is 4.26. The van der Waals surface area contributed by atoms with E-state index < -0.39 is 0 Å². The number of carbonyl (C=O) groups excluding carboxylic acids is 1. The molecule has 0 radical (unpaired) electrons. The van der Waals surface area contributed by atoms with Crippen LogP contribution in [-0.4, -0.2) is 28.8 Å². The smallest absolute Gasteiger partial charge is 0.269 e. The third kappa shape index (κ3) is 4.22. The summed E-state index contributed by atoms with van der Waals surface area (Å²) in [6.07, 6.45) is 1.04.